The first-order valence-corrected chi connectivity index (χ1v) is 8.15. The molecule has 2 saturated carbocycles. The van der Waals surface area contributed by atoms with E-state index in [0.717, 1.165) is 18.4 Å². The highest BCUT2D eigenvalue weighted by atomic mass is 15.2. The van der Waals surface area contributed by atoms with Gasteiger partial charge in [0, 0.05) is 12.1 Å². The van der Waals surface area contributed by atoms with Gasteiger partial charge in [-0.05, 0) is 63.5 Å². The zero-order valence-corrected chi connectivity index (χ0v) is 12.5. The molecule has 0 radical (unpaired) electrons. The van der Waals surface area contributed by atoms with E-state index in [0.29, 0.717) is 5.54 Å². The Labute approximate surface area is 113 Å². The molecule has 2 aliphatic rings. The van der Waals surface area contributed by atoms with Crippen molar-refractivity contribution in [3.8, 4) is 0 Å². The molecule has 0 aromatic heterocycles. The molecule has 0 heterocycles. The molecule has 0 spiro atoms. The Morgan fingerprint density at radius 1 is 1.11 bits per heavy atom. The van der Waals surface area contributed by atoms with Crippen LogP contribution in [0, 0.1) is 11.8 Å². The second-order valence-corrected chi connectivity index (χ2v) is 6.83. The van der Waals surface area contributed by atoms with E-state index < -0.39 is 0 Å². The molecule has 2 fully saturated rings. The highest BCUT2D eigenvalue weighted by molar-refractivity contribution is 4.95. The molecule has 2 heteroatoms. The van der Waals surface area contributed by atoms with Crippen molar-refractivity contribution in [1.82, 2.24) is 4.90 Å². The van der Waals surface area contributed by atoms with Crippen molar-refractivity contribution in [1.29, 1.82) is 0 Å². The molecule has 2 aliphatic carbocycles. The number of nitrogens with two attached hydrogens (primary N) is 1. The van der Waals surface area contributed by atoms with Crippen LogP contribution in [-0.2, 0) is 0 Å². The van der Waals surface area contributed by atoms with Gasteiger partial charge < -0.3 is 5.73 Å². The second-order valence-electron chi connectivity index (χ2n) is 6.83. The summed E-state index contributed by atoms with van der Waals surface area (Å²) in [5.74, 6) is 1.96. The number of hydrogen-bond acceptors (Lipinski definition) is 2. The van der Waals surface area contributed by atoms with Gasteiger partial charge in [0.05, 0.1) is 0 Å². The fraction of sp³-hybridized carbons (Fsp3) is 1.00. The van der Waals surface area contributed by atoms with E-state index >= 15 is 0 Å². The first-order chi connectivity index (χ1) is 8.70. The predicted octanol–water partition coefficient (Wildman–Crippen LogP) is 3.41. The highest BCUT2D eigenvalue weighted by Crippen LogP contribution is 2.38. The van der Waals surface area contributed by atoms with Crippen LogP contribution >= 0.6 is 0 Å². The van der Waals surface area contributed by atoms with Gasteiger partial charge in [-0.1, -0.05) is 26.7 Å². The Hall–Kier alpha value is -0.0800. The molecular weight excluding hydrogens is 220 g/mol. The molecule has 106 valence electrons. The third kappa shape index (κ3) is 3.48. The van der Waals surface area contributed by atoms with Gasteiger partial charge in [-0.25, -0.2) is 0 Å². The van der Waals surface area contributed by atoms with E-state index in [4.69, 9.17) is 5.73 Å². The maximum atomic E-state index is 6.20. The van der Waals surface area contributed by atoms with E-state index in [9.17, 15) is 0 Å². The lowest BCUT2D eigenvalue weighted by Crippen LogP contribution is -2.56. The van der Waals surface area contributed by atoms with Crippen molar-refractivity contribution in [2.45, 2.75) is 70.8 Å². The Morgan fingerprint density at radius 3 is 2.28 bits per heavy atom. The van der Waals surface area contributed by atoms with Gasteiger partial charge in [-0.15, -0.1) is 0 Å². The molecule has 0 bridgehead atoms. The van der Waals surface area contributed by atoms with E-state index in [-0.39, 0.29) is 0 Å². The normalized spacial score (nSPS) is 33.0. The van der Waals surface area contributed by atoms with E-state index in [1.54, 1.807) is 0 Å². The van der Waals surface area contributed by atoms with Crippen molar-refractivity contribution >= 4 is 0 Å². The largest absolute Gasteiger partial charge is 0.329 e. The predicted molar refractivity (Wildman–Crippen MR) is 78.6 cm³/mol. The third-order valence-electron chi connectivity index (χ3n) is 5.25. The first kappa shape index (κ1) is 14.3. The van der Waals surface area contributed by atoms with Gasteiger partial charge >= 0.3 is 0 Å². The average Bonchev–Trinajstić information content (AvgIpc) is 3.20. The van der Waals surface area contributed by atoms with E-state index in [1.807, 2.05) is 0 Å². The SMILES string of the molecule is CCCN(CCC1CC1)C1(CN)CCC(C)CC1. The quantitative estimate of drug-likeness (QED) is 0.752. The van der Waals surface area contributed by atoms with Gasteiger partial charge in [-0.2, -0.15) is 0 Å². The summed E-state index contributed by atoms with van der Waals surface area (Å²) in [7, 11) is 0. The molecule has 0 amide bonds. The van der Waals surface area contributed by atoms with Crippen LogP contribution in [0.1, 0.15) is 65.2 Å². The first-order valence-electron chi connectivity index (χ1n) is 8.15. The van der Waals surface area contributed by atoms with Crippen LogP contribution in [0.4, 0.5) is 0 Å². The Bertz CT molecular complexity index is 239. The summed E-state index contributed by atoms with van der Waals surface area (Å²) < 4.78 is 0. The summed E-state index contributed by atoms with van der Waals surface area (Å²) in [6.07, 6.45) is 11.0. The minimum Gasteiger partial charge on any atom is -0.329 e. The summed E-state index contributed by atoms with van der Waals surface area (Å²) >= 11 is 0. The maximum absolute atomic E-state index is 6.20. The summed E-state index contributed by atoms with van der Waals surface area (Å²) in [4.78, 5) is 2.76. The van der Waals surface area contributed by atoms with Crippen LogP contribution in [0.2, 0.25) is 0 Å². The molecule has 0 saturated heterocycles. The number of hydrogen-bond donors (Lipinski definition) is 1. The monoisotopic (exact) mass is 252 g/mol. The molecule has 18 heavy (non-hydrogen) atoms. The van der Waals surface area contributed by atoms with Crippen LogP contribution in [0.3, 0.4) is 0 Å². The molecule has 0 aromatic rings. The Balaban J connectivity index is 1.94. The molecule has 0 aromatic carbocycles. The zero-order chi connectivity index (χ0) is 13.0. The van der Waals surface area contributed by atoms with E-state index in [2.05, 4.69) is 18.7 Å². The lowest BCUT2D eigenvalue weighted by Gasteiger charge is -2.47. The number of nitrogens with zero attached hydrogens (tertiary/aromatic N) is 1. The maximum Gasteiger partial charge on any atom is 0.0331 e. The van der Waals surface area contributed by atoms with Crippen LogP contribution in [0.15, 0.2) is 0 Å². The lowest BCUT2D eigenvalue weighted by atomic mass is 9.75. The topological polar surface area (TPSA) is 29.3 Å². The van der Waals surface area contributed by atoms with Crippen molar-refractivity contribution < 1.29 is 0 Å². The molecular formula is C16H32N2. The molecule has 2 rings (SSSR count). The lowest BCUT2D eigenvalue weighted by molar-refractivity contribution is 0.0423. The summed E-state index contributed by atoms with van der Waals surface area (Å²) in [5.41, 5.74) is 6.54. The summed E-state index contributed by atoms with van der Waals surface area (Å²) in [6, 6.07) is 0. The van der Waals surface area contributed by atoms with Crippen LogP contribution in [0.5, 0.6) is 0 Å². The van der Waals surface area contributed by atoms with Crippen molar-refractivity contribution in [2.24, 2.45) is 17.6 Å². The molecule has 2 nitrogen and oxygen atoms in total. The van der Waals surface area contributed by atoms with Crippen LogP contribution < -0.4 is 5.73 Å². The fourth-order valence-corrected chi connectivity index (χ4v) is 3.55. The highest BCUT2D eigenvalue weighted by Gasteiger charge is 2.38. The Morgan fingerprint density at radius 2 is 1.78 bits per heavy atom. The fourth-order valence-electron chi connectivity index (χ4n) is 3.55. The third-order valence-corrected chi connectivity index (χ3v) is 5.25. The summed E-state index contributed by atoms with van der Waals surface area (Å²) in [6.45, 7) is 8.11. The minimum atomic E-state index is 0.345. The van der Waals surface area contributed by atoms with Gasteiger partial charge in [0.25, 0.3) is 0 Å². The Kier molecular flexibility index (Phi) is 5.08. The van der Waals surface area contributed by atoms with Gasteiger partial charge in [0.15, 0.2) is 0 Å². The molecule has 2 N–H and O–H groups in total. The average molecular weight is 252 g/mol. The van der Waals surface area contributed by atoms with Gasteiger partial charge in [0.2, 0.25) is 0 Å². The number of rotatable bonds is 7. The van der Waals surface area contributed by atoms with Crippen LogP contribution in [-0.4, -0.2) is 30.1 Å². The smallest absolute Gasteiger partial charge is 0.0331 e. The van der Waals surface area contributed by atoms with Gasteiger partial charge in [0.1, 0.15) is 0 Å². The van der Waals surface area contributed by atoms with Crippen molar-refractivity contribution in [2.75, 3.05) is 19.6 Å². The van der Waals surface area contributed by atoms with Crippen molar-refractivity contribution in [3.63, 3.8) is 0 Å². The second kappa shape index (κ2) is 6.38. The molecule has 0 unspecified atom stereocenters. The standard InChI is InChI=1S/C16H32N2/c1-3-11-18(12-8-15-4-5-15)16(13-17)9-6-14(2)7-10-16/h14-15H,3-13,17H2,1-2H3. The van der Waals surface area contributed by atoms with Gasteiger partial charge in [-0.3, -0.25) is 4.90 Å². The van der Waals surface area contributed by atoms with Crippen molar-refractivity contribution in [3.05, 3.63) is 0 Å². The molecule has 0 aliphatic heterocycles. The zero-order valence-electron chi connectivity index (χ0n) is 12.5. The van der Waals surface area contributed by atoms with Crippen LogP contribution in [0.25, 0.3) is 0 Å². The minimum absolute atomic E-state index is 0.345. The van der Waals surface area contributed by atoms with E-state index in [1.165, 1.54) is 64.5 Å². The molecule has 0 atom stereocenters. The summed E-state index contributed by atoms with van der Waals surface area (Å²) in [5, 5.41) is 0.